The standard InChI is InChI=1S/C12H24ClNO/c1-11(3-7-13)4-8-14(2)12-5-9-15-10-6-12/h11-12H,3-10H2,1-2H3. The van der Waals surface area contributed by atoms with Crippen molar-refractivity contribution >= 4 is 11.6 Å². The van der Waals surface area contributed by atoms with E-state index in [9.17, 15) is 0 Å². The lowest BCUT2D eigenvalue weighted by Crippen LogP contribution is -2.37. The molecule has 0 spiro atoms. The predicted molar refractivity (Wildman–Crippen MR) is 65.6 cm³/mol. The monoisotopic (exact) mass is 233 g/mol. The van der Waals surface area contributed by atoms with Crippen molar-refractivity contribution in [2.75, 3.05) is 32.7 Å². The summed E-state index contributed by atoms with van der Waals surface area (Å²) in [6.07, 6.45) is 4.80. The van der Waals surface area contributed by atoms with Gasteiger partial charge in [-0.05, 0) is 45.2 Å². The molecule has 1 saturated heterocycles. The molecule has 1 fully saturated rings. The van der Waals surface area contributed by atoms with Crippen LogP contribution in [0, 0.1) is 5.92 Å². The summed E-state index contributed by atoms with van der Waals surface area (Å²) in [6, 6.07) is 0.738. The van der Waals surface area contributed by atoms with Crippen LogP contribution >= 0.6 is 11.6 Å². The first-order valence-corrected chi connectivity index (χ1v) is 6.61. The molecular formula is C12H24ClNO. The third-order valence-corrected chi connectivity index (χ3v) is 3.61. The fourth-order valence-corrected chi connectivity index (χ4v) is 2.44. The first-order chi connectivity index (χ1) is 7.24. The highest BCUT2D eigenvalue weighted by atomic mass is 35.5. The molecule has 90 valence electrons. The van der Waals surface area contributed by atoms with Crippen LogP contribution in [0.1, 0.15) is 32.6 Å². The van der Waals surface area contributed by atoms with Crippen LogP contribution in [0.25, 0.3) is 0 Å². The van der Waals surface area contributed by atoms with Crippen LogP contribution in [-0.2, 0) is 4.74 Å². The highest BCUT2D eigenvalue weighted by Crippen LogP contribution is 2.15. The summed E-state index contributed by atoms with van der Waals surface area (Å²) in [5, 5.41) is 0. The van der Waals surface area contributed by atoms with Gasteiger partial charge in [-0.1, -0.05) is 6.92 Å². The lowest BCUT2D eigenvalue weighted by Gasteiger charge is -2.31. The third-order valence-electron chi connectivity index (χ3n) is 3.39. The molecule has 0 radical (unpaired) electrons. The highest BCUT2D eigenvalue weighted by Gasteiger charge is 2.18. The molecule has 2 nitrogen and oxygen atoms in total. The maximum absolute atomic E-state index is 5.73. The fraction of sp³-hybridized carbons (Fsp3) is 1.00. The van der Waals surface area contributed by atoms with E-state index in [4.69, 9.17) is 16.3 Å². The quantitative estimate of drug-likeness (QED) is 0.655. The van der Waals surface area contributed by atoms with Gasteiger partial charge in [0.05, 0.1) is 0 Å². The molecule has 1 aliphatic rings. The van der Waals surface area contributed by atoms with Gasteiger partial charge in [0.2, 0.25) is 0 Å². The zero-order valence-electron chi connectivity index (χ0n) is 10.0. The Hall–Kier alpha value is 0.210. The van der Waals surface area contributed by atoms with Crippen LogP contribution in [0.3, 0.4) is 0 Å². The molecule has 1 aliphatic heterocycles. The Morgan fingerprint density at radius 2 is 2.00 bits per heavy atom. The molecule has 0 aromatic carbocycles. The summed E-state index contributed by atoms with van der Waals surface area (Å²) in [4.78, 5) is 2.49. The molecule has 1 unspecified atom stereocenters. The first-order valence-electron chi connectivity index (χ1n) is 6.08. The number of hydrogen-bond acceptors (Lipinski definition) is 2. The van der Waals surface area contributed by atoms with Crippen molar-refractivity contribution in [2.45, 2.75) is 38.6 Å². The molecule has 1 rings (SSSR count). The van der Waals surface area contributed by atoms with E-state index < -0.39 is 0 Å². The molecule has 1 atom stereocenters. The van der Waals surface area contributed by atoms with Crippen molar-refractivity contribution in [2.24, 2.45) is 5.92 Å². The van der Waals surface area contributed by atoms with Gasteiger partial charge in [0.1, 0.15) is 0 Å². The largest absolute Gasteiger partial charge is 0.381 e. The fourth-order valence-electron chi connectivity index (χ4n) is 2.06. The van der Waals surface area contributed by atoms with E-state index in [1.54, 1.807) is 0 Å². The van der Waals surface area contributed by atoms with Gasteiger partial charge < -0.3 is 9.64 Å². The molecule has 0 aromatic rings. The van der Waals surface area contributed by atoms with Crippen LogP contribution in [-0.4, -0.2) is 43.6 Å². The minimum absolute atomic E-state index is 0.738. The molecule has 0 aliphatic carbocycles. The van der Waals surface area contributed by atoms with Gasteiger partial charge in [0.25, 0.3) is 0 Å². The Morgan fingerprint density at radius 1 is 1.33 bits per heavy atom. The molecule has 0 amide bonds. The Balaban J connectivity index is 2.13. The van der Waals surface area contributed by atoms with Crippen molar-refractivity contribution in [3.63, 3.8) is 0 Å². The molecule has 0 aromatic heterocycles. The minimum atomic E-state index is 0.738. The van der Waals surface area contributed by atoms with Gasteiger partial charge in [-0.3, -0.25) is 0 Å². The number of halogens is 1. The maximum Gasteiger partial charge on any atom is 0.0480 e. The Labute approximate surface area is 98.9 Å². The minimum Gasteiger partial charge on any atom is -0.381 e. The van der Waals surface area contributed by atoms with Crippen LogP contribution in [0.4, 0.5) is 0 Å². The second-order valence-electron chi connectivity index (χ2n) is 4.70. The van der Waals surface area contributed by atoms with E-state index in [1.807, 2.05) is 0 Å². The van der Waals surface area contributed by atoms with Crippen LogP contribution in [0.2, 0.25) is 0 Å². The van der Waals surface area contributed by atoms with Crippen LogP contribution in [0.5, 0.6) is 0 Å². The molecule has 0 bridgehead atoms. The summed E-state index contributed by atoms with van der Waals surface area (Å²) in [6.45, 7) is 5.36. The van der Waals surface area contributed by atoms with E-state index in [-0.39, 0.29) is 0 Å². The van der Waals surface area contributed by atoms with Gasteiger partial charge in [0.15, 0.2) is 0 Å². The van der Waals surface area contributed by atoms with E-state index in [2.05, 4.69) is 18.9 Å². The normalized spacial score (nSPS) is 20.8. The van der Waals surface area contributed by atoms with Crippen molar-refractivity contribution in [1.82, 2.24) is 4.90 Å². The Kier molecular flexibility index (Phi) is 6.62. The molecule has 3 heteroatoms. The molecule has 15 heavy (non-hydrogen) atoms. The lowest BCUT2D eigenvalue weighted by molar-refractivity contribution is 0.0416. The van der Waals surface area contributed by atoms with E-state index >= 15 is 0 Å². The Bertz CT molecular complexity index is 160. The third kappa shape index (κ3) is 5.19. The van der Waals surface area contributed by atoms with Crippen molar-refractivity contribution in [1.29, 1.82) is 0 Å². The smallest absolute Gasteiger partial charge is 0.0480 e. The van der Waals surface area contributed by atoms with Gasteiger partial charge in [-0.2, -0.15) is 0 Å². The van der Waals surface area contributed by atoms with Gasteiger partial charge in [-0.15, -0.1) is 11.6 Å². The number of nitrogens with zero attached hydrogens (tertiary/aromatic N) is 1. The van der Waals surface area contributed by atoms with Crippen molar-refractivity contribution in [3.8, 4) is 0 Å². The number of rotatable bonds is 6. The SMILES string of the molecule is CC(CCCl)CCN(C)C1CCOCC1. The zero-order chi connectivity index (χ0) is 11.1. The van der Waals surface area contributed by atoms with E-state index in [0.717, 1.165) is 37.5 Å². The molecule has 0 N–H and O–H groups in total. The van der Waals surface area contributed by atoms with Gasteiger partial charge in [-0.25, -0.2) is 0 Å². The zero-order valence-corrected chi connectivity index (χ0v) is 10.8. The van der Waals surface area contributed by atoms with E-state index in [1.165, 1.54) is 25.8 Å². The first kappa shape index (κ1) is 13.3. The van der Waals surface area contributed by atoms with Gasteiger partial charge >= 0.3 is 0 Å². The molecule has 1 heterocycles. The average Bonchev–Trinajstić information content (AvgIpc) is 2.27. The predicted octanol–water partition coefficient (Wildman–Crippen LogP) is 2.75. The Morgan fingerprint density at radius 3 is 2.60 bits per heavy atom. The van der Waals surface area contributed by atoms with Crippen molar-refractivity contribution < 1.29 is 4.74 Å². The summed E-state index contributed by atoms with van der Waals surface area (Å²) in [7, 11) is 2.24. The van der Waals surface area contributed by atoms with Crippen LogP contribution < -0.4 is 0 Å². The maximum atomic E-state index is 5.73. The summed E-state index contributed by atoms with van der Waals surface area (Å²) in [5.41, 5.74) is 0. The number of hydrogen-bond donors (Lipinski definition) is 0. The topological polar surface area (TPSA) is 12.5 Å². The summed E-state index contributed by atoms with van der Waals surface area (Å²) in [5.74, 6) is 1.55. The van der Waals surface area contributed by atoms with Gasteiger partial charge in [0, 0.05) is 25.1 Å². The van der Waals surface area contributed by atoms with E-state index in [0.29, 0.717) is 0 Å². The highest BCUT2D eigenvalue weighted by molar-refractivity contribution is 6.17. The number of ether oxygens (including phenoxy) is 1. The average molecular weight is 234 g/mol. The molecule has 0 saturated carbocycles. The summed E-state index contributed by atoms with van der Waals surface area (Å²) < 4.78 is 5.37. The number of alkyl halides is 1. The molecular weight excluding hydrogens is 210 g/mol. The second-order valence-corrected chi connectivity index (χ2v) is 5.07. The lowest BCUT2D eigenvalue weighted by atomic mass is 10.0. The summed E-state index contributed by atoms with van der Waals surface area (Å²) >= 11 is 5.73. The van der Waals surface area contributed by atoms with Crippen molar-refractivity contribution in [3.05, 3.63) is 0 Å². The van der Waals surface area contributed by atoms with Crippen LogP contribution in [0.15, 0.2) is 0 Å². The second kappa shape index (κ2) is 7.48.